The number of amides is 1. The predicted octanol–water partition coefficient (Wildman–Crippen LogP) is 1.44. The number of aliphatic hydroxyl groups excluding tert-OH is 1. The number of Topliss-reactive ketones (excluding diaryl/α,β-unsaturated/α-hetero) is 1. The molecule has 0 fully saturated rings. The van der Waals surface area contributed by atoms with Crippen LogP contribution in [0.15, 0.2) is 35.6 Å². The number of carbonyl (C=O) groups excluding carboxylic acids is 3. The molecule has 9 heteroatoms. The Labute approximate surface area is 142 Å². The zero-order chi connectivity index (χ0) is 18.7. The topological polar surface area (TPSA) is 127 Å². The zero-order valence-corrected chi connectivity index (χ0v) is 13.6. The number of carbonyl (C=O) groups is 3. The summed E-state index contributed by atoms with van der Waals surface area (Å²) in [6, 6.07) is 4.16. The van der Waals surface area contributed by atoms with Crippen LogP contribution in [0.25, 0.3) is 0 Å². The molecule has 0 aliphatic carbocycles. The Morgan fingerprint density at radius 3 is 2.40 bits per heavy atom. The number of hydrogen-bond acceptors (Lipinski definition) is 7. The van der Waals surface area contributed by atoms with Gasteiger partial charge in [-0.1, -0.05) is 0 Å². The van der Waals surface area contributed by atoms with Crippen LogP contribution >= 0.6 is 0 Å². The van der Waals surface area contributed by atoms with Gasteiger partial charge in [-0.15, -0.1) is 0 Å². The summed E-state index contributed by atoms with van der Waals surface area (Å²) >= 11 is 0. The lowest BCUT2D eigenvalue weighted by Crippen LogP contribution is -2.36. The minimum atomic E-state index is -1.02. The first-order chi connectivity index (χ1) is 11.8. The Hall–Kier alpha value is -3.23. The van der Waals surface area contributed by atoms with Crippen LogP contribution in [0.4, 0.5) is 5.69 Å². The van der Waals surface area contributed by atoms with Crippen molar-refractivity contribution in [2.24, 2.45) is 0 Å². The Morgan fingerprint density at radius 1 is 1.32 bits per heavy atom. The SMILES string of the molecule is CCOC(=O)CN1C(=O)C(O)=C(C(C)=O)[C@@H]1c1ccc([N+](=O)[O-])cc1. The summed E-state index contributed by atoms with van der Waals surface area (Å²) in [7, 11) is 0. The third-order valence-electron chi connectivity index (χ3n) is 3.71. The van der Waals surface area contributed by atoms with E-state index in [1.165, 1.54) is 31.2 Å². The molecule has 0 unspecified atom stereocenters. The lowest BCUT2D eigenvalue weighted by atomic mass is 9.96. The fraction of sp³-hybridized carbons (Fsp3) is 0.312. The molecular formula is C16H16N2O7. The molecule has 0 aromatic heterocycles. The van der Waals surface area contributed by atoms with Crippen LogP contribution in [0.2, 0.25) is 0 Å². The van der Waals surface area contributed by atoms with Crippen molar-refractivity contribution in [3.8, 4) is 0 Å². The van der Waals surface area contributed by atoms with E-state index in [2.05, 4.69) is 0 Å². The molecule has 9 nitrogen and oxygen atoms in total. The molecule has 0 saturated heterocycles. The first kappa shape index (κ1) is 18.1. The van der Waals surface area contributed by atoms with E-state index in [1.807, 2.05) is 0 Å². The third-order valence-corrected chi connectivity index (χ3v) is 3.71. The summed E-state index contributed by atoms with van der Waals surface area (Å²) in [6.45, 7) is 2.44. The summed E-state index contributed by atoms with van der Waals surface area (Å²) in [5, 5.41) is 20.8. The normalized spacial score (nSPS) is 17.0. The maximum atomic E-state index is 12.3. The maximum Gasteiger partial charge on any atom is 0.325 e. The highest BCUT2D eigenvalue weighted by molar-refractivity contribution is 6.08. The van der Waals surface area contributed by atoms with Crippen LogP contribution in [0.1, 0.15) is 25.5 Å². The quantitative estimate of drug-likeness (QED) is 0.468. The van der Waals surface area contributed by atoms with Crippen molar-refractivity contribution >= 4 is 23.3 Å². The van der Waals surface area contributed by atoms with Crippen molar-refractivity contribution in [2.45, 2.75) is 19.9 Å². The average Bonchev–Trinajstić information content (AvgIpc) is 2.80. The van der Waals surface area contributed by atoms with Crippen molar-refractivity contribution in [1.29, 1.82) is 0 Å². The van der Waals surface area contributed by atoms with Gasteiger partial charge < -0.3 is 14.7 Å². The molecule has 2 rings (SSSR count). The molecule has 25 heavy (non-hydrogen) atoms. The molecule has 1 atom stereocenters. The molecule has 0 spiro atoms. The number of benzene rings is 1. The van der Waals surface area contributed by atoms with Crippen LogP contribution in [-0.4, -0.2) is 45.7 Å². The van der Waals surface area contributed by atoms with E-state index < -0.39 is 40.9 Å². The molecular weight excluding hydrogens is 332 g/mol. The molecule has 0 saturated carbocycles. The lowest BCUT2D eigenvalue weighted by Gasteiger charge is -2.25. The monoisotopic (exact) mass is 348 g/mol. The summed E-state index contributed by atoms with van der Waals surface area (Å²) in [5.41, 5.74) is 0.0308. The number of nitrogens with zero attached hydrogens (tertiary/aromatic N) is 2. The minimum Gasteiger partial charge on any atom is -0.503 e. The highest BCUT2D eigenvalue weighted by Crippen LogP contribution is 2.37. The molecule has 132 valence electrons. The number of ketones is 1. The van der Waals surface area contributed by atoms with E-state index in [-0.39, 0.29) is 17.9 Å². The van der Waals surface area contributed by atoms with E-state index in [0.29, 0.717) is 5.56 Å². The van der Waals surface area contributed by atoms with Gasteiger partial charge in [0.1, 0.15) is 6.54 Å². The standard InChI is InChI=1S/C16H16N2O7/c1-3-25-12(20)8-17-14(13(9(2)19)15(21)16(17)22)10-4-6-11(7-5-10)18(23)24/h4-7,14,21H,3,8H2,1-2H3/t14-/m0/s1. The van der Waals surface area contributed by atoms with Crippen molar-refractivity contribution < 1.29 is 29.2 Å². The number of nitro benzene ring substituents is 1. The van der Waals surface area contributed by atoms with E-state index in [4.69, 9.17) is 4.74 Å². The van der Waals surface area contributed by atoms with E-state index >= 15 is 0 Å². The van der Waals surface area contributed by atoms with Crippen LogP contribution < -0.4 is 0 Å². The predicted molar refractivity (Wildman–Crippen MR) is 84.5 cm³/mol. The molecule has 0 radical (unpaired) electrons. The fourth-order valence-corrected chi connectivity index (χ4v) is 2.65. The van der Waals surface area contributed by atoms with E-state index in [9.17, 15) is 29.6 Å². The highest BCUT2D eigenvalue weighted by Gasteiger charge is 2.43. The number of rotatable bonds is 6. The Bertz CT molecular complexity index is 767. The van der Waals surface area contributed by atoms with Gasteiger partial charge in [0.2, 0.25) is 0 Å². The van der Waals surface area contributed by atoms with E-state index in [1.54, 1.807) is 6.92 Å². The smallest absolute Gasteiger partial charge is 0.325 e. The molecule has 1 aromatic rings. The van der Waals surface area contributed by atoms with Crippen LogP contribution in [-0.2, 0) is 19.1 Å². The second-order valence-electron chi connectivity index (χ2n) is 5.31. The van der Waals surface area contributed by atoms with Crippen molar-refractivity contribution in [2.75, 3.05) is 13.2 Å². The van der Waals surface area contributed by atoms with Gasteiger partial charge in [0.25, 0.3) is 11.6 Å². The van der Waals surface area contributed by atoms with Gasteiger partial charge in [0.15, 0.2) is 11.5 Å². The highest BCUT2D eigenvalue weighted by atomic mass is 16.6. The second-order valence-corrected chi connectivity index (χ2v) is 5.31. The van der Waals surface area contributed by atoms with Gasteiger partial charge in [0, 0.05) is 12.1 Å². The molecule has 1 amide bonds. The summed E-state index contributed by atoms with van der Waals surface area (Å²) < 4.78 is 4.81. The molecule has 1 heterocycles. The Balaban J connectivity index is 2.45. The maximum absolute atomic E-state index is 12.3. The number of non-ortho nitro benzene ring substituents is 1. The first-order valence-corrected chi connectivity index (χ1v) is 7.42. The number of aliphatic hydroxyl groups is 1. The van der Waals surface area contributed by atoms with Crippen LogP contribution in [0.3, 0.4) is 0 Å². The van der Waals surface area contributed by atoms with Gasteiger partial charge in [-0.3, -0.25) is 24.5 Å². The minimum absolute atomic E-state index is 0.113. The van der Waals surface area contributed by atoms with Crippen molar-refractivity contribution in [1.82, 2.24) is 4.90 Å². The largest absolute Gasteiger partial charge is 0.503 e. The van der Waals surface area contributed by atoms with Gasteiger partial charge in [-0.2, -0.15) is 0 Å². The number of hydrogen-bond donors (Lipinski definition) is 1. The molecule has 0 bridgehead atoms. The Morgan fingerprint density at radius 2 is 1.92 bits per heavy atom. The Kier molecular flexibility index (Phi) is 5.16. The third kappa shape index (κ3) is 3.49. The summed E-state index contributed by atoms with van der Waals surface area (Å²) in [4.78, 5) is 47.1. The zero-order valence-electron chi connectivity index (χ0n) is 13.6. The number of ether oxygens (including phenoxy) is 1. The summed E-state index contributed by atoms with van der Waals surface area (Å²) in [5.74, 6) is -2.84. The molecule has 1 aromatic carbocycles. The van der Waals surface area contributed by atoms with Gasteiger partial charge in [0.05, 0.1) is 23.1 Å². The van der Waals surface area contributed by atoms with Gasteiger partial charge >= 0.3 is 5.97 Å². The first-order valence-electron chi connectivity index (χ1n) is 7.42. The average molecular weight is 348 g/mol. The number of esters is 1. The van der Waals surface area contributed by atoms with Crippen LogP contribution in [0, 0.1) is 10.1 Å². The lowest BCUT2D eigenvalue weighted by molar-refractivity contribution is -0.384. The molecule has 1 aliphatic rings. The molecule has 1 N–H and O–H groups in total. The van der Waals surface area contributed by atoms with E-state index in [0.717, 1.165) is 4.90 Å². The molecule has 1 aliphatic heterocycles. The van der Waals surface area contributed by atoms with Crippen molar-refractivity contribution in [3.05, 3.63) is 51.3 Å². The fourth-order valence-electron chi connectivity index (χ4n) is 2.65. The summed E-state index contributed by atoms with van der Waals surface area (Å²) in [6.07, 6.45) is 0. The van der Waals surface area contributed by atoms with Gasteiger partial charge in [-0.25, -0.2) is 0 Å². The number of nitro groups is 1. The van der Waals surface area contributed by atoms with Crippen LogP contribution in [0.5, 0.6) is 0 Å². The second kappa shape index (κ2) is 7.12. The van der Waals surface area contributed by atoms with Gasteiger partial charge in [-0.05, 0) is 31.5 Å². The van der Waals surface area contributed by atoms with Crippen molar-refractivity contribution in [3.63, 3.8) is 0 Å².